The number of rotatable bonds is 1. The third kappa shape index (κ3) is 26.5. The van der Waals surface area contributed by atoms with E-state index in [1.54, 1.807) is 10.1 Å². The van der Waals surface area contributed by atoms with Crippen LogP contribution in [0.5, 0.6) is 0 Å². The van der Waals surface area contributed by atoms with E-state index in [0.717, 1.165) is 5.75 Å². The van der Waals surface area contributed by atoms with Gasteiger partial charge in [-0.05, 0) is 12.2 Å². The summed E-state index contributed by atoms with van der Waals surface area (Å²) < 4.78 is 8.06. The first-order valence-electron chi connectivity index (χ1n) is 1.73. The second-order valence-corrected chi connectivity index (χ2v) is 1.17. The third-order valence-electron chi connectivity index (χ3n) is 0.224. The molecular weight excluding hydrogens is 112 g/mol. The molecule has 6 heavy (non-hydrogen) atoms. The van der Waals surface area contributed by atoms with Crippen molar-refractivity contribution in [3.8, 4) is 0 Å². The van der Waals surface area contributed by atoms with Crippen LogP contribution in [0, 0.1) is 0 Å². The van der Waals surface area contributed by atoms with Gasteiger partial charge in [0, 0.05) is 0 Å². The van der Waals surface area contributed by atoms with Crippen molar-refractivity contribution in [1.82, 2.24) is 0 Å². The average molecular weight is 120 g/mol. The highest BCUT2D eigenvalue weighted by atomic mass is 32.1. The molecule has 0 aliphatic heterocycles. The SMILES string of the molecule is CCCS.O=[Si]. The lowest BCUT2D eigenvalue weighted by Gasteiger charge is -1.67. The fraction of sp³-hybridized carbons (Fsp3) is 1.00. The van der Waals surface area contributed by atoms with Gasteiger partial charge >= 0.3 is 10.1 Å². The molecule has 3 heteroatoms. The molecule has 0 unspecified atom stereocenters. The number of thiol groups is 1. The number of hydrogen-bond donors (Lipinski definition) is 1. The zero-order chi connectivity index (χ0) is 5.41. The molecule has 0 N–H and O–H groups in total. The van der Waals surface area contributed by atoms with E-state index < -0.39 is 0 Å². The van der Waals surface area contributed by atoms with Crippen LogP contribution in [-0.4, -0.2) is 15.9 Å². The Morgan fingerprint density at radius 3 is 1.83 bits per heavy atom. The Labute approximate surface area is 47.0 Å². The smallest absolute Gasteiger partial charge is 0.381 e. The first-order valence-corrected chi connectivity index (χ1v) is 2.77. The van der Waals surface area contributed by atoms with E-state index in [1.165, 1.54) is 6.42 Å². The summed E-state index contributed by atoms with van der Waals surface area (Å²) in [5, 5.41) is 0. The van der Waals surface area contributed by atoms with Gasteiger partial charge in [0.15, 0.2) is 0 Å². The predicted molar refractivity (Wildman–Crippen MR) is 30.6 cm³/mol. The van der Waals surface area contributed by atoms with Crippen molar-refractivity contribution in [2.24, 2.45) is 0 Å². The van der Waals surface area contributed by atoms with E-state index >= 15 is 0 Å². The summed E-state index contributed by atoms with van der Waals surface area (Å²) in [5.41, 5.74) is 0. The van der Waals surface area contributed by atoms with Crippen LogP contribution in [0.4, 0.5) is 0 Å². The fourth-order valence-corrected chi connectivity index (χ4v) is 0. The van der Waals surface area contributed by atoms with Crippen LogP contribution in [-0.2, 0) is 4.46 Å². The monoisotopic (exact) mass is 120 g/mol. The molecule has 0 saturated heterocycles. The second kappa shape index (κ2) is 18.3. The first kappa shape index (κ1) is 9.62. The molecule has 0 saturated carbocycles. The molecule has 0 aliphatic carbocycles. The quantitative estimate of drug-likeness (QED) is 0.400. The van der Waals surface area contributed by atoms with Crippen molar-refractivity contribution in [1.29, 1.82) is 0 Å². The average Bonchev–Trinajstić information content (AvgIpc) is 1.72. The largest absolute Gasteiger partial charge is 0.381 e. The van der Waals surface area contributed by atoms with Gasteiger partial charge in [0.05, 0.1) is 0 Å². The summed E-state index contributed by atoms with van der Waals surface area (Å²) in [6.45, 7) is 2.10. The van der Waals surface area contributed by atoms with E-state index in [2.05, 4.69) is 19.6 Å². The number of hydrogen-bond acceptors (Lipinski definition) is 2. The maximum Gasteiger partial charge on any atom is 0.381 e. The highest BCUT2D eigenvalue weighted by Crippen LogP contribution is 1.74. The van der Waals surface area contributed by atoms with Crippen molar-refractivity contribution < 1.29 is 4.46 Å². The van der Waals surface area contributed by atoms with Crippen molar-refractivity contribution >= 4 is 22.8 Å². The van der Waals surface area contributed by atoms with Gasteiger partial charge in [-0.1, -0.05) is 6.92 Å². The lowest BCUT2D eigenvalue weighted by Crippen LogP contribution is -1.56. The molecule has 0 fully saturated rings. The van der Waals surface area contributed by atoms with E-state index in [1.807, 2.05) is 0 Å². The summed E-state index contributed by atoms with van der Waals surface area (Å²) in [7, 11) is 1.72. The molecule has 0 spiro atoms. The normalized spacial score (nSPS) is 5.67. The lowest BCUT2D eigenvalue weighted by atomic mass is 10.6. The maximum absolute atomic E-state index is 8.06. The molecule has 0 amide bonds. The Morgan fingerprint density at radius 2 is 1.83 bits per heavy atom. The van der Waals surface area contributed by atoms with Crippen molar-refractivity contribution in [3.63, 3.8) is 0 Å². The third-order valence-corrected chi connectivity index (χ3v) is 0.671. The van der Waals surface area contributed by atoms with Crippen LogP contribution in [0.15, 0.2) is 0 Å². The molecule has 0 aromatic rings. The van der Waals surface area contributed by atoms with Gasteiger partial charge in [0.1, 0.15) is 0 Å². The Kier molecular flexibility index (Phi) is 29.3. The minimum Gasteiger partial charge on any atom is -0.381 e. The van der Waals surface area contributed by atoms with Gasteiger partial charge in [-0.2, -0.15) is 12.6 Å². The molecule has 0 aliphatic rings. The van der Waals surface area contributed by atoms with Crippen LogP contribution in [0.2, 0.25) is 0 Å². The summed E-state index contributed by atoms with van der Waals surface area (Å²) in [5.74, 6) is 1.01. The molecule has 0 rings (SSSR count). The molecule has 0 aromatic heterocycles. The van der Waals surface area contributed by atoms with E-state index in [9.17, 15) is 0 Å². The molecule has 0 aromatic carbocycles. The summed E-state index contributed by atoms with van der Waals surface area (Å²) in [6.07, 6.45) is 1.18. The van der Waals surface area contributed by atoms with Gasteiger partial charge in [0.25, 0.3) is 0 Å². The van der Waals surface area contributed by atoms with Crippen molar-refractivity contribution in [2.45, 2.75) is 13.3 Å². The zero-order valence-corrected chi connectivity index (χ0v) is 5.66. The molecule has 36 valence electrons. The van der Waals surface area contributed by atoms with Gasteiger partial charge < -0.3 is 4.46 Å². The van der Waals surface area contributed by atoms with Gasteiger partial charge in [-0.25, -0.2) is 0 Å². The summed E-state index contributed by atoms with van der Waals surface area (Å²) >= 11 is 3.92. The Bertz CT molecular complexity index is 18.3. The molecule has 0 heterocycles. The minimum absolute atomic E-state index is 1.01. The molecule has 0 bridgehead atoms. The Balaban J connectivity index is 0. The van der Waals surface area contributed by atoms with Crippen molar-refractivity contribution in [3.05, 3.63) is 0 Å². The molecule has 2 radical (unpaired) electrons. The van der Waals surface area contributed by atoms with Gasteiger partial charge in [0.2, 0.25) is 0 Å². The first-order chi connectivity index (χ1) is 2.91. The summed E-state index contributed by atoms with van der Waals surface area (Å²) in [6, 6.07) is 0. The summed E-state index contributed by atoms with van der Waals surface area (Å²) in [4.78, 5) is 0. The van der Waals surface area contributed by atoms with Crippen molar-refractivity contribution in [2.75, 3.05) is 5.75 Å². The molecule has 0 atom stereocenters. The van der Waals surface area contributed by atoms with E-state index in [4.69, 9.17) is 4.46 Å². The van der Waals surface area contributed by atoms with Crippen LogP contribution in [0.3, 0.4) is 0 Å². The minimum atomic E-state index is 1.01. The zero-order valence-electron chi connectivity index (χ0n) is 3.77. The van der Waals surface area contributed by atoms with E-state index in [0.29, 0.717) is 0 Å². The highest BCUT2D eigenvalue weighted by molar-refractivity contribution is 7.80. The van der Waals surface area contributed by atoms with Crippen LogP contribution in [0.1, 0.15) is 13.3 Å². The highest BCUT2D eigenvalue weighted by Gasteiger charge is 1.57. The molecular formula is C3H8OSSi. The maximum atomic E-state index is 8.06. The Hall–Kier alpha value is 0.367. The van der Waals surface area contributed by atoms with E-state index in [-0.39, 0.29) is 0 Å². The predicted octanol–water partition coefficient (Wildman–Crippen LogP) is 0.827. The van der Waals surface area contributed by atoms with Crippen LogP contribution in [0.25, 0.3) is 0 Å². The Morgan fingerprint density at radius 1 is 1.67 bits per heavy atom. The fourth-order valence-electron chi connectivity index (χ4n) is 0. The van der Waals surface area contributed by atoms with Crippen LogP contribution >= 0.6 is 12.6 Å². The van der Waals surface area contributed by atoms with Gasteiger partial charge in [-0.15, -0.1) is 0 Å². The molecule has 1 nitrogen and oxygen atoms in total. The lowest BCUT2D eigenvalue weighted by molar-refractivity contribution is 0.590. The standard InChI is InChI=1S/C3H8S.OSi/c1-2-3-4;1-2/h4H,2-3H2,1H3;. The van der Waals surface area contributed by atoms with Crippen LogP contribution < -0.4 is 0 Å². The topological polar surface area (TPSA) is 17.1 Å². The van der Waals surface area contributed by atoms with Gasteiger partial charge in [-0.3, -0.25) is 0 Å². The second-order valence-electron chi connectivity index (χ2n) is 0.724.